The van der Waals surface area contributed by atoms with E-state index in [4.69, 9.17) is 0 Å². The molecule has 0 fully saturated rings. The standard InChI is InChI=1S/C54H35FN2S/c55-49-22-10-21-47-46-18-4-6-23-50(46)57(54(47)49)44-17-9-15-40(35-44)37-26-30-41(31-27-37)56(43-16-8-14-39(34-43)36-12-2-1-3-13-36)42-32-28-38(29-33-42)45-20-11-25-52-53(45)48-19-5-7-24-51(48)58-52/h1-35H. The molecule has 2 nitrogen and oxygen atoms in total. The second-order valence-electron chi connectivity index (χ2n) is 14.7. The number of hydrogen-bond acceptors (Lipinski definition) is 2. The van der Waals surface area contributed by atoms with Crippen LogP contribution in [0.2, 0.25) is 0 Å². The lowest BCUT2D eigenvalue weighted by molar-refractivity contribution is 0.635. The first-order valence-electron chi connectivity index (χ1n) is 19.5. The molecule has 0 bridgehead atoms. The van der Waals surface area contributed by atoms with Crippen LogP contribution in [0.3, 0.4) is 0 Å². The minimum atomic E-state index is -0.232. The fourth-order valence-electron chi connectivity index (χ4n) is 8.58. The molecule has 2 aromatic heterocycles. The number of rotatable bonds is 7. The smallest absolute Gasteiger partial charge is 0.147 e. The van der Waals surface area contributed by atoms with Gasteiger partial charge in [0, 0.05) is 53.7 Å². The van der Waals surface area contributed by atoms with Crippen LogP contribution >= 0.6 is 11.3 Å². The Hall–Kier alpha value is -7.27. The first-order valence-corrected chi connectivity index (χ1v) is 20.3. The summed E-state index contributed by atoms with van der Waals surface area (Å²) in [7, 11) is 0. The van der Waals surface area contributed by atoms with Gasteiger partial charge in [-0.1, -0.05) is 140 Å². The van der Waals surface area contributed by atoms with Crippen molar-refractivity contribution in [1.29, 1.82) is 0 Å². The maximum Gasteiger partial charge on any atom is 0.147 e. The highest BCUT2D eigenvalue weighted by atomic mass is 32.1. The molecule has 274 valence electrons. The number of nitrogens with zero attached hydrogens (tertiary/aromatic N) is 2. The van der Waals surface area contributed by atoms with E-state index in [0.29, 0.717) is 5.52 Å². The Morgan fingerprint density at radius 1 is 0.397 bits per heavy atom. The maximum absolute atomic E-state index is 15.5. The van der Waals surface area contributed by atoms with Crippen LogP contribution in [-0.2, 0) is 0 Å². The molecule has 0 unspecified atom stereocenters. The highest BCUT2D eigenvalue weighted by molar-refractivity contribution is 7.25. The third kappa shape index (κ3) is 5.77. The Kier molecular flexibility index (Phi) is 8.23. The van der Waals surface area contributed by atoms with Gasteiger partial charge in [0.05, 0.1) is 11.0 Å². The van der Waals surface area contributed by atoms with Crippen LogP contribution in [0.25, 0.3) is 81.0 Å². The van der Waals surface area contributed by atoms with E-state index >= 15 is 4.39 Å². The predicted octanol–water partition coefficient (Wildman–Crippen LogP) is 15.8. The number of halogens is 1. The molecule has 2 heterocycles. The molecular weight excluding hydrogens is 728 g/mol. The molecule has 0 spiro atoms. The van der Waals surface area contributed by atoms with Crippen LogP contribution in [0, 0.1) is 5.82 Å². The summed E-state index contributed by atoms with van der Waals surface area (Å²) in [6.07, 6.45) is 0. The lowest BCUT2D eigenvalue weighted by Gasteiger charge is -2.26. The van der Waals surface area contributed by atoms with Crippen molar-refractivity contribution in [3.63, 3.8) is 0 Å². The van der Waals surface area contributed by atoms with Crippen molar-refractivity contribution in [1.82, 2.24) is 4.57 Å². The van der Waals surface area contributed by atoms with Gasteiger partial charge in [-0.05, 0) is 106 Å². The van der Waals surface area contributed by atoms with Gasteiger partial charge in [-0.2, -0.15) is 0 Å². The van der Waals surface area contributed by atoms with Gasteiger partial charge in [0.2, 0.25) is 0 Å². The molecule has 0 aliphatic heterocycles. The molecule has 0 saturated heterocycles. The molecule has 0 aliphatic rings. The molecule has 0 amide bonds. The number of thiophene rings is 1. The summed E-state index contributed by atoms with van der Waals surface area (Å²) in [5.41, 5.74) is 12.6. The van der Waals surface area contributed by atoms with Crippen molar-refractivity contribution in [3.05, 3.63) is 218 Å². The molecule has 0 aliphatic carbocycles. The Morgan fingerprint density at radius 2 is 0.983 bits per heavy atom. The number of benzene rings is 9. The highest BCUT2D eigenvalue weighted by Gasteiger charge is 2.18. The van der Waals surface area contributed by atoms with Crippen molar-refractivity contribution in [2.75, 3.05) is 4.90 Å². The molecule has 58 heavy (non-hydrogen) atoms. The van der Waals surface area contributed by atoms with Crippen molar-refractivity contribution in [2.24, 2.45) is 0 Å². The van der Waals surface area contributed by atoms with E-state index in [9.17, 15) is 0 Å². The summed E-state index contributed by atoms with van der Waals surface area (Å²) >= 11 is 1.85. The molecular formula is C54H35FN2S. The van der Waals surface area contributed by atoms with Crippen LogP contribution < -0.4 is 4.90 Å². The van der Waals surface area contributed by atoms with E-state index < -0.39 is 0 Å². The van der Waals surface area contributed by atoms with Crippen LogP contribution in [0.4, 0.5) is 21.5 Å². The Morgan fingerprint density at radius 3 is 1.79 bits per heavy atom. The van der Waals surface area contributed by atoms with Crippen LogP contribution in [0.1, 0.15) is 0 Å². The number of para-hydroxylation sites is 2. The monoisotopic (exact) mass is 762 g/mol. The van der Waals surface area contributed by atoms with Crippen molar-refractivity contribution < 1.29 is 4.39 Å². The van der Waals surface area contributed by atoms with Crippen LogP contribution in [0.5, 0.6) is 0 Å². The Bertz CT molecular complexity index is 3290. The first kappa shape index (κ1) is 34.0. The molecule has 0 saturated carbocycles. The van der Waals surface area contributed by atoms with Crippen LogP contribution in [0.15, 0.2) is 212 Å². The second-order valence-corrected chi connectivity index (χ2v) is 15.7. The van der Waals surface area contributed by atoms with Crippen LogP contribution in [-0.4, -0.2) is 4.57 Å². The van der Waals surface area contributed by atoms with Gasteiger partial charge in [-0.3, -0.25) is 0 Å². The highest BCUT2D eigenvalue weighted by Crippen LogP contribution is 2.42. The van der Waals surface area contributed by atoms with Gasteiger partial charge < -0.3 is 9.47 Å². The summed E-state index contributed by atoms with van der Waals surface area (Å²) in [6, 6.07) is 74.2. The maximum atomic E-state index is 15.5. The summed E-state index contributed by atoms with van der Waals surface area (Å²) < 4.78 is 20.2. The average molecular weight is 763 g/mol. The minimum Gasteiger partial charge on any atom is -0.310 e. The normalized spacial score (nSPS) is 11.5. The van der Waals surface area contributed by atoms with E-state index in [2.05, 4.69) is 187 Å². The summed E-state index contributed by atoms with van der Waals surface area (Å²) in [4.78, 5) is 2.33. The predicted molar refractivity (Wildman–Crippen MR) is 245 cm³/mol. The molecule has 9 aromatic carbocycles. The van der Waals surface area contributed by atoms with Gasteiger partial charge in [0.1, 0.15) is 5.82 Å². The summed E-state index contributed by atoms with van der Waals surface area (Å²) in [6.45, 7) is 0. The van der Waals surface area contributed by atoms with E-state index in [0.717, 1.165) is 55.7 Å². The third-order valence-electron chi connectivity index (χ3n) is 11.3. The second kappa shape index (κ2) is 14.0. The van der Waals surface area contributed by atoms with Crippen molar-refractivity contribution >= 4 is 70.4 Å². The Balaban J connectivity index is 0.997. The summed E-state index contributed by atoms with van der Waals surface area (Å²) in [5, 5.41) is 4.56. The SMILES string of the molecule is Fc1cccc2c3ccccc3n(-c3cccc(-c4ccc(N(c5ccc(-c6cccc7sc8ccccc8c67)cc5)c5cccc(-c6ccccc6)c5)cc4)c3)c12. The molecule has 11 aromatic rings. The minimum absolute atomic E-state index is 0.232. The van der Waals surface area contributed by atoms with E-state index in [1.807, 2.05) is 34.1 Å². The molecule has 0 N–H and O–H groups in total. The quantitative estimate of drug-likeness (QED) is 0.157. The molecule has 11 rings (SSSR count). The molecule has 0 radical (unpaired) electrons. The van der Waals surface area contributed by atoms with Gasteiger partial charge in [-0.15, -0.1) is 11.3 Å². The first-order chi connectivity index (χ1) is 28.7. The topological polar surface area (TPSA) is 8.17 Å². The largest absolute Gasteiger partial charge is 0.310 e. The number of aromatic nitrogens is 1. The van der Waals surface area contributed by atoms with Gasteiger partial charge >= 0.3 is 0 Å². The molecule has 0 atom stereocenters. The lowest BCUT2D eigenvalue weighted by Crippen LogP contribution is -2.10. The third-order valence-corrected chi connectivity index (χ3v) is 12.4. The van der Waals surface area contributed by atoms with Gasteiger partial charge in [0.25, 0.3) is 0 Å². The van der Waals surface area contributed by atoms with Crippen molar-refractivity contribution in [2.45, 2.75) is 0 Å². The van der Waals surface area contributed by atoms with E-state index in [1.54, 1.807) is 12.1 Å². The van der Waals surface area contributed by atoms with E-state index in [1.165, 1.54) is 36.9 Å². The zero-order valence-electron chi connectivity index (χ0n) is 31.4. The lowest BCUT2D eigenvalue weighted by atomic mass is 9.99. The van der Waals surface area contributed by atoms with E-state index in [-0.39, 0.29) is 5.82 Å². The molecule has 4 heteroatoms. The zero-order chi connectivity index (χ0) is 38.6. The summed E-state index contributed by atoms with van der Waals surface area (Å²) in [5.74, 6) is -0.232. The number of hydrogen-bond donors (Lipinski definition) is 0. The van der Waals surface area contributed by atoms with Gasteiger partial charge in [-0.25, -0.2) is 4.39 Å². The fraction of sp³-hybridized carbons (Fsp3) is 0. The Labute approximate surface area is 339 Å². The van der Waals surface area contributed by atoms with Crippen molar-refractivity contribution in [3.8, 4) is 39.1 Å². The van der Waals surface area contributed by atoms with Gasteiger partial charge in [0.15, 0.2) is 0 Å². The number of fused-ring (bicyclic) bond motifs is 6. The fourth-order valence-corrected chi connectivity index (χ4v) is 9.71. The number of anilines is 3. The average Bonchev–Trinajstić information content (AvgIpc) is 3.85. The zero-order valence-corrected chi connectivity index (χ0v) is 32.2.